The van der Waals surface area contributed by atoms with Crippen LogP contribution in [0.5, 0.6) is 0 Å². The molecule has 1 aliphatic rings. The van der Waals surface area contributed by atoms with Crippen molar-refractivity contribution in [1.82, 2.24) is 10.2 Å². The molecule has 0 saturated carbocycles. The molecule has 104 valence electrons. The molecule has 1 fully saturated rings. The summed E-state index contributed by atoms with van der Waals surface area (Å²) in [6.07, 6.45) is 2.51. The van der Waals surface area contributed by atoms with Gasteiger partial charge in [-0.2, -0.15) is 0 Å². The van der Waals surface area contributed by atoms with Gasteiger partial charge in [0.1, 0.15) is 0 Å². The summed E-state index contributed by atoms with van der Waals surface area (Å²) in [5, 5.41) is 3.81. The molecule has 0 aromatic heterocycles. The lowest BCUT2D eigenvalue weighted by Gasteiger charge is -2.23. The number of amides is 1. The molecule has 1 unspecified atom stereocenters. The number of nitrogens with zero attached hydrogens (tertiary/aromatic N) is 1. The average molecular weight is 301 g/mol. The van der Waals surface area contributed by atoms with Crippen molar-refractivity contribution >= 4 is 29.1 Å². The van der Waals surface area contributed by atoms with E-state index in [1.807, 2.05) is 0 Å². The minimum absolute atomic E-state index is 0.107. The SMILES string of the molecule is CC(CNC(=O)c1ccc(Cl)c(Cl)c1)N1CCCC1. The zero-order chi connectivity index (χ0) is 13.8. The summed E-state index contributed by atoms with van der Waals surface area (Å²) in [7, 11) is 0. The van der Waals surface area contributed by atoms with Gasteiger partial charge in [-0.25, -0.2) is 0 Å². The minimum atomic E-state index is -0.107. The molecule has 1 aliphatic heterocycles. The molecule has 1 aromatic carbocycles. The summed E-state index contributed by atoms with van der Waals surface area (Å²) in [5.74, 6) is -0.107. The van der Waals surface area contributed by atoms with Gasteiger partial charge >= 0.3 is 0 Å². The van der Waals surface area contributed by atoms with Crippen LogP contribution in [-0.2, 0) is 0 Å². The van der Waals surface area contributed by atoms with Crippen LogP contribution in [0, 0.1) is 0 Å². The molecule has 2 rings (SSSR count). The van der Waals surface area contributed by atoms with E-state index in [0.717, 1.165) is 13.1 Å². The standard InChI is InChI=1S/C14H18Cl2N2O/c1-10(18-6-2-3-7-18)9-17-14(19)11-4-5-12(15)13(16)8-11/h4-5,8,10H,2-3,6-7,9H2,1H3,(H,17,19). The van der Waals surface area contributed by atoms with Crippen molar-refractivity contribution in [3.8, 4) is 0 Å². The first kappa shape index (κ1) is 14.6. The van der Waals surface area contributed by atoms with Crippen LogP contribution in [0.3, 0.4) is 0 Å². The Balaban J connectivity index is 1.88. The Bertz CT molecular complexity index is 459. The molecular formula is C14H18Cl2N2O. The fourth-order valence-electron chi connectivity index (χ4n) is 2.29. The lowest BCUT2D eigenvalue weighted by atomic mass is 10.2. The maximum absolute atomic E-state index is 12.0. The van der Waals surface area contributed by atoms with Crippen molar-refractivity contribution < 1.29 is 4.79 Å². The Kier molecular flexibility index (Phi) is 5.08. The second-order valence-electron chi connectivity index (χ2n) is 4.93. The van der Waals surface area contributed by atoms with Gasteiger partial charge in [-0.1, -0.05) is 23.2 Å². The minimum Gasteiger partial charge on any atom is -0.350 e. The lowest BCUT2D eigenvalue weighted by molar-refractivity contribution is 0.0940. The van der Waals surface area contributed by atoms with E-state index in [-0.39, 0.29) is 5.91 Å². The smallest absolute Gasteiger partial charge is 0.251 e. The fourth-order valence-corrected chi connectivity index (χ4v) is 2.59. The van der Waals surface area contributed by atoms with Gasteiger partial charge < -0.3 is 5.32 Å². The second-order valence-corrected chi connectivity index (χ2v) is 5.75. The average Bonchev–Trinajstić information content (AvgIpc) is 2.92. The van der Waals surface area contributed by atoms with E-state index >= 15 is 0 Å². The van der Waals surface area contributed by atoms with E-state index in [0.29, 0.717) is 28.2 Å². The number of nitrogens with one attached hydrogen (secondary N) is 1. The van der Waals surface area contributed by atoms with Crippen molar-refractivity contribution in [2.45, 2.75) is 25.8 Å². The van der Waals surface area contributed by atoms with Gasteiger partial charge in [-0.05, 0) is 51.1 Å². The summed E-state index contributed by atoms with van der Waals surface area (Å²) in [5.41, 5.74) is 0.544. The van der Waals surface area contributed by atoms with E-state index < -0.39 is 0 Å². The van der Waals surface area contributed by atoms with Crippen LogP contribution in [-0.4, -0.2) is 36.5 Å². The Labute approximate surface area is 123 Å². The number of hydrogen-bond donors (Lipinski definition) is 1. The van der Waals surface area contributed by atoms with Gasteiger partial charge in [0.15, 0.2) is 0 Å². The molecular weight excluding hydrogens is 283 g/mol. The second kappa shape index (κ2) is 6.60. The molecule has 1 N–H and O–H groups in total. The van der Waals surface area contributed by atoms with Crippen molar-refractivity contribution in [1.29, 1.82) is 0 Å². The zero-order valence-corrected chi connectivity index (χ0v) is 12.5. The highest BCUT2D eigenvalue weighted by Crippen LogP contribution is 2.22. The third kappa shape index (κ3) is 3.85. The Morgan fingerprint density at radius 2 is 2.00 bits per heavy atom. The third-order valence-electron chi connectivity index (χ3n) is 3.50. The Morgan fingerprint density at radius 3 is 2.63 bits per heavy atom. The van der Waals surface area contributed by atoms with Gasteiger partial charge in [-0.3, -0.25) is 9.69 Å². The molecule has 1 heterocycles. The van der Waals surface area contributed by atoms with E-state index in [1.165, 1.54) is 12.8 Å². The third-order valence-corrected chi connectivity index (χ3v) is 4.24. The summed E-state index contributed by atoms with van der Waals surface area (Å²) in [6, 6.07) is 5.29. The molecule has 5 heteroatoms. The van der Waals surface area contributed by atoms with Crippen molar-refractivity contribution in [2.24, 2.45) is 0 Å². The predicted octanol–water partition coefficient (Wildman–Crippen LogP) is 3.21. The molecule has 0 aliphatic carbocycles. The molecule has 0 bridgehead atoms. The van der Waals surface area contributed by atoms with Crippen LogP contribution in [0.4, 0.5) is 0 Å². The first-order valence-electron chi connectivity index (χ1n) is 6.55. The highest BCUT2D eigenvalue weighted by atomic mass is 35.5. The predicted molar refractivity (Wildman–Crippen MR) is 79.1 cm³/mol. The number of carbonyl (C=O) groups is 1. The van der Waals surface area contributed by atoms with E-state index in [4.69, 9.17) is 23.2 Å². The molecule has 3 nitrogen and oxygen atoms in total. The Morgan fingerprint density at radius 1 is 1.32 bits per heavy atom. The van der Waals surface area contributed by atoms with Gasteiger partial charge in [0.2, 0.25) is 0 Å². The molecule has 1 saturated heterocycles. The van der Waals surface area contributed by atoms with E-state index in [9.17, 15) is 4.79 Å². The van der Waals surface area contributed by atoms with Gasteiger partial charge in [0, 0.05) is 18.2 Å². The van der Waals surface area contributed by atoms with Crippen LogP contribution < -0.4 is 5.32 Å². The number of benzene rings is 1. The largest absolute Gasteiger partial charge is 0.350 e. The van der Waals surface area contributed by atoms with Crippen LogP contribution in [0.1, 0.15) is 30.1 Å². The summed E-state index contributed by atoms with van der Waals surface area (Å²) >= 11 is 11.7. The number of hydrogen-bond acceptors (Lipinski definition) is 2. The van der Waals surface area contributed by atoms with Crippen LogP contribution >= 0.6 is 23.2 Å². The molecule has 1 amide bonds. The maximum Gasteiger partial charge on any atom is 0.251 e. The Hall–Kier alpha value is -0.770. The van der Waals surface area contributed by atoms with Crippen LogP contribution in [0.15, 0.2) is 18.2 Å². The maximum atomic E-state index is 12.0. The van der Waals surface area contributed by atoms with Crippen LogP contribution in [0.25, 0.3) is 0 Å². The number of rotatable bonds is 4. The number of halogens is 2. The van der Waals surface area contributed by atoms with Gasteiger partial charge in [0.05, 0.1) is 10.0 Å². The summed E-state index contributed by atoms with van der Waals surface area (Å²) in [4.78, 5) is 14.4. The molecule has 0 radical (unpaired) electrons. The fraction of sp³-hybridized carbons (Fsp3) is 0.500. The molecule has 0 spiro atoms. The molecule has 1 aromatic rings. The first-order valence-corrected chi connectivity index (χ1v) is 7.31. The van der Waals surface area contributed by atoms with Gasteiger partial charge in [-0.15, -0.1) is 0 Å². The quantitative estimate of drug-likeness (QED) is 0.926. The normalized spacial score (nSPS) is 17.4. The molecule has 19 heavy (non-hydrogen) atoms. The van der Waals surface area contributed by atoms with Crippen molar-refractivity contribution in [2.75, 3.05) is 19.6 Å². The van der Waals surface area contributed by atoms with E-state index in [2.05, 4.69) is 17.1 Å². The van der Waals surface area contributed by atoms with E-state index in [1.54, 1.807) is 18.2 Å². The zero-order valence-electron chi connectivity index (χ0n) is 11.0. The highest BCUT2D eigenvalue weighted by molar-refractivity contribution is 6.42. The summed E-state index contributed by atoms with van der Waals surface area (Å²) < 4.78 is 0. The lowest BCUT2D eigenvalue weighted by Crippen LogP contribution is -2.40. The van der Waals surface area contributed by atoms with Crippen molar-refractivity contribution in [3.05, 3.63) is 33.8 Å². The molecule has 1 atom stereocenters. The number of carbonyl (C=O) groups excluding carboxylic acids is 1. The number of likely N-dealkylation sites (tertiary alicyclic amines) is 1. The monoisotopic (exact) mass is 300 g/mol. The van der Waals surface area contributed by atoms with Crippen molar-refractivity contribution in [3.63, 3.8) is 0 Å². The summed E-state index contributed by atoms with van der Waals surface area (Å²) in [6.45, 7) is 5.05. The van der Waals surface area contributed by atoms with Gasteiger partial charge in [0.25, 0.3) is 5.91 Å². The van der Waals surface area contributed by atoms with Crippen LogP contribution in [0.2, 0.25) is 10.0 Å². The first-order chi connectivity index (χ1) is 9.08. The highest BCUT2D eigenvalue weighted by Gasteiger charge is 2.18. The topological polar surface area (TPSA) is 32.3 Å².